The Bertz CT molecular complexity index is 599. The molecule has 0 spiro atoms. The highest BCUT2D eigenvalue weighted by atomic mass is 16.5. The average molecular weight is 289 g/mol. The standard InChI is InChI=1S/C16H23N3O2/c1-10-7-14(8-11(2)15(10)20-6)9-19(5)12(3)16-18-17-13(4)21-16/h7-8,12H,9H2,1-6H3/t12-/m1/s1. The fraction of sp³-hybridized carbons (Fsp3) is 0.500. The van der Waals surface area contributed by atoms with Crippen LogP contribution in [0.1, 0.15) is 41.4 Å². The van der Waals surface area contributed by atoms with Crippen molar-refractivity contribution in [3.63, 3.8) is 0 Å². The van der Waals surface area contributed by atoms with E-state index in [0.29, 0.717) is 11.8 Å². The first-order chi connectivity index (χ1) is 9.92. The molecule has 1 atom stereocenters. The Morgan fingerprint density at radius 1 is 1.19 bits per heavy atom. The highest BCUT2D eigenvalue weighted by molar-refractivity contribution is 5.43. The minimum absolute atomic E-state index is 0.0777. The van der Waals surface area contributed by atoms with Crippen LogP contribution in [0.4, 0.5) is 0 Å². The van der Waals surface area contributed by atoms with E-state index in [4.69, 9.17) is 9.15 Å². The maximum atomic E-state index is 5.50. The van der Waals surface area contributed by atoms with Crippen LogP contribution in [0.2, 0.25) is 0 Å². The SMILES string of the molecule is COc1c(C)cc(CN(C)[C@H](C)c2nnc(C)o2)cc1C. The van der Waals surface area contributed by atoms with Gasteiger partial charge in [0, 0.05) is 13.5 Å². The molecule has 0 saturated heterocycles. The summed E-state index contributed by atoms with van der Waals surface area (Å²) in [7, 11) is 3.76. The van der Waals surface area contributed by atoms with Gasteiger partial charge in [-0.3, -0.25) is 4.90 Å². The molecule has 2 rings (SSSR count). The fourth-order valence-electron chi connectivity index (χ4n) is 2.55. The molecule has 0 aliphatic heterocycles. The lowest BCUT2D eigenvalue weighted by atomic mass is 10.0. The molecule has 21 heavy (non-hydrogen) atoms. The number of hydrogen-bond acceptors (Lipinski definition) is 5. The average Bonchev–Trinajstić information content (AvgIpc) is 2.84. The smallest absolute Gasteiger partial charge is 0.233 e. The van der Waals surface area contributed by atoms with Gasteiger partial charge in [0.15, 0.2) is 0 Å². The van der Waals surface area contributed by atoms with Crippen molar-refractivity contribution < 1.29 is 9.15 Å². The molecule has 114 valence electrons. The second-order valence-corrected chi connectivity index (χ2v) is 5.51. The highest BCUT2D eigenvalue weighted by Crippen LogP contribution is 2.26. The molecule has 5 heteroatoms. The molecule has 5 nitrogen and oxygen atoms in total. The van der Waals surface area contributed by atoms with Crippen molar-refractivity contribution in [2.24, 2.45) is 0 Å². The van der Waals surface area contributed by atoms with E-state index in [-0.39, 0.29) is 6.04 Å². The maximum absolute atomic E-state index is 5.50. The summed E-state index contributed by atoms with van der Waals surface area (Å²) in [5.74, 6) is 2.21. The molecular weight excluding hydrogens is 266 g/mol. The van der Waals surface area contributed by atoms with Crippen LogP contribution in [-0.4, -0.2) is 29.3 Å². The van der Waals surface area contributed by atoms with Gasteiger partial charge in [-0.25, -0.2) is 0 Å². The van der Waals surface area contributed by atoms with E-state index in [9.17, 15) is 0 Å². The van der Waals surface area contributed by atoms with Gasteiger partial charge in [0.05, 0.1) is 13.2 Å². The number of nitrogens with zero attached hydrogens (tertiary/aromatic N) is 3. The zero-order valence-electron chi connectivity index (χ0n) is 13.6. The lowest BCUT2D eigenvalue weighted by Crippen LogP contribution is -2.22. The van der Waals surface area contributed by atoms with Crippen molar-refractivity contribution in [3.8, 4) is 5.75 Å². The summed E-state index contributed by atoms with van der Waals surface area (Å²) >= 11 is 0. The van der Waals surface area contributed by atoms with Crippen molar-refractivity contribution in [2.75, 3.05) is 14.2 Å². The molecule has 0 radical (unpaired) electrons. The first kappa shape index (κ1) is 15.5. The zero-order chi connectivity index (χ0) is 15.6. The number of aromatic nitrogens is 2. The summed E-state index contributed by atoms with van der Waals surface area (Å²) in [6.07, 6.45) is 0. The van der Waals surface area contributed by atoms with Gasteiger partial charge in [0.2, 0.25) is 11.8 Å². The predicted molar refractivity (Wildman–Crippen MR) is 81.4 cm³/mol. The largest absolute Gasteiger partial charge is 0.496 e. The Kier molecular flexibility index (Phi) is 4.63. The zero-order valence-corrected chi connectivity index (χ0v) is 13.6. The van der Waals surface area contributed by atoms with Gasteiger partial charge in [-0.15, -0.1) is 10.2 Å². The molecule has 0 fully saturated rings. The maximum Gasteiger partial charge on any atom is 0.233 e. The van der Waals surface area contributed by atoms with Gasteiger partial charge in [0.25, 0.3) is 0 Å². The van der Waals surface area contributed by atoms with Crippen molar-refractivity contribution >= 4 is 0 Å². The number of benzene rings is 1. The van der Waals surface area contributed by atoms with Crippen LogP contribution < -0.4 is 4.74 Å². The van der Waals surface area contributed by atoms with Crippen LogP contribution in [-0.2, 0) is 6.54 Å². The molecule has 0 aliphatic carbocycles. The fourth-order valence-corrected chi connectivity index (χ4v) is 2.55. The Morgan fingerprint density at radius 3 is 2.29 bits per heavy atom. The number of rotatable bonds is 5. The van der Waals surface area contributed by atoms with Gasteiger partial charge < -0.3 is 9.15 Å². The van der Waals surface area contributed by atoms with Crippen LogP contribution in [0.3, 0.4) is 0 Å². The molecule has 1 aromatic heterocycles. The van der Waals surface area contributed by atoms with E-state index >= 15 is 0 Å². The number of ether oxygens (including phenoxy) is 1. The summed E-state index contributed by atoms with van der Waals surface area (Å²) in [5, 5.41) is 7.98. The first-order valence-electron chi connectivity index (χ1n) is 7.06. The third-order valence-electron chi connectivity index (χ3n) is 3.72. The summed E-state index contributed by atoms with van der Waals surface area (Å²) in [4.78, 5) is 2.19. The molecular formula is C16H23N3O2. The molecule has 0 bridgehead atoms. The minimum Gasteiger partial charge on any atom is -0.496 e. The van der Waals surface area contributed by atoms with Crippen LogP contribution >= 0.6 is 0 Å². The second-order valence-electron chi connectivity index (χ2n) is 5.51. The van der Waals surface area contributed by atoms with E-state index in [2.05, 4.69) is 55.0 Å². The predicted octanol–water partition coefficient (Wildman–Crippen LogP) is 3.20. The van der Waals surface area contributed by atoms with Crippen molar-refractivity contribution in [1.29, 1.82) is 0 Å². The third kappa shape index (κ3) is 3.42. The normalized spacial score (nSPS) is 12.7. The quantitative estimate of drug-likeness (QED) is 0.846. The van der Waals surface area contributed by atoms with Crippen LogP contribution in [0.5, 0.6) is 5.75 Å². The molecule has 0 unspecified atom stereocenters. The third-order valence-corrected chi connectivity index (χ3v) is 3.72. The van der Waals surface area contributed by atoms with Crippen LogP contribution in [0, 0.1) is 20.8 Å². The van der Waals surface area contributed by atoms with Gasteiger partial charge in [-0.05, 0) is 44.5 Å². The second kappa shape index (κ2) is 6.26. The molecule has 2 aromatic rings. The summed E-state index contributed by atoms with van der Waals surface area (Å²) in [5.41, 5.74) is 3.56. The number of methoxy groups -OCH3 is 1. The Labute approximate surface area is 125 Å². The highest BCUT2D eigenvalue weighted by Gasteiger charge is 2.18. The van der Waals surface area contributed by atoms with Crippen molar-refractivity contribution in [3.05, 3.63) is 40.6 Å². The summed E-state index contributed by atoms with van der Waals surface area (Å²) in [6.45, 7) is 8.82. The van der Waals surface area contributed by atoms with Gasteiger partial charge in [-0.2, -0.15) is 0 Å². The van der Waals surface area contributed by atoms with Gasteiger partial charge in [-0.1, -0.05) is 12.1 Å². The molecule has 0 saturated carbocycles. The Hall–Kier alpha value is -1.88. The molecule has 1 aromatic carbocycles. The van der Waals surface area contributed by atoms with E-state index in [0.717, 1.165) is 23.4 Å². The van der Waals surface area contributed by atoms with E-state index in [1.807, 2.05) is 0 Å². The van der Waals surface area contributed by atoms with Crippen LogP contribution in [0.25, 0.3) is 0 Å². The van der Waals surface area contributed by atoms with Crippen molar-refractivity contribution in [1.82, 2.24) is 15.1 Å². The molecule has 0 amide bonds. The van der Waals surface area contributed by atoms with Crippen molar-refractivity contribution in [2.45, 2.75) is 40.3 Å². The lowest BCUT2D eigenvalue weighted by Gasteiger charge is -2.22. The molecule has 1 heterocycles. The summed E-state index contributed by atoms with van der Waals surface area (Å²) < 4.78 is 10.9. The Balaban J connectivity index is 2.14. The minimum atomic E-state index is 0.0777. The van der Waals surface area contributed by atoms with Gasteiger partial charge in [0.1, 0.15) is 5.75 Å². The number of aryl methyl sites for hydroxylation is 3. The monoisotopic (exact) mass is 289 g/mol. The first-order valence-corrected chi connectivity index (χ1v) is 7.06. The summed E-state index contributed by atoms with van der Waals surface area (Å²) in [6, 6.07) is 4.40. The lowest BCUT2D eigenvalue weighted by molar-refractivity contribution is 0.215. The van der Waals surface area contributed by atoms with Gasteiger partial charge >= 0.3 is 0 Å². The Morgan fingerprint density at radius 2 is 1.81 bits per heavy atom. The van der Waals surface area contributed by atoms with E-state index in [1.165, 1.54) is 5.56 Å². The molecule has 0 N–H and O–H groups in total. The van der Waals surface area contributed by atoms with E-state index in [1.54, 1.807) is 14.0 Å². The molecule has 0 aliphatic rings. The topological polar surface area (TPSA) is 51.4 Å². The van der Waals surface area contributed by atoms with Crippen LogP contribution in [0.15, 0.2) is 16.5 Å². The van der Waals surface area contributed by atoms with E-state index < -0.39 is 0 Å². The number of hydrogen-bond donors (Lipinski definition) is 0.